The molecule has 0 aliphatic carbocycles. The number of hydrogen-bond acceptors (Lipinski definition) is 3. The summed E-state index contributed by atoms with van der Waals surface area (Å²) in [6, 6.07) is 7.74. The van der Waals surface area contributed by atoms with Crippen molar-refractivity contribution in [3.05, 3.63) is 40.9 Å². The summed E-state index contributed by atoms with van der Waals surface area (Å²) in [6.45, 7) is 2.75. The van der Waals surface area contributed by atoms with E-state index in [0.717, 1.165) is 11.9 Å². The summed E-state index contributed by atoms with van der Waals surface area (Å²) in [7, 11) is 1.91. The monoisotopic (exact) mass is 231 g/mol. The third-order valence-corrected chi connectivity index (χ3v) is 3.05. The smallest absolute Gasteiger partial charge is 0.261 e. The van der Waals surface area contributed by atoms with Gasteiger partial charge < -0.3 is 5.32 Å². The molecule has 0 fully saturated rings. The lowest BCUT2D eigenvalue weighted by atomic mass is 10.2. The first-order chi connectivity index (χ1) is 8.26. The minimum Gasteiger partial charge on any atom is -0.315 e. The molecule has 0 aliphatic heterocycles. The lowest BCUT2D eigenvalue weighted by Crippen LogP contribution is -2.34. The molecule has 0 aliphatic rings. The highest BCUT2D eigenvalue weighted by Gasteiger charge is 2.07. The highest BCUT2D eigenvalue weighted by Crippen LogP contribution is 2.05. The molecule has 1 atom stereocenters. The van der Waals surface area contributed by atoms with E-state index < -0.39 is 0 Å². The fourth-order valence-corrected chi connectivity index (χ4v) is 1.90. The van der Waals surface area contributed by atoms with Gasteiger partial charge in [0, 0.05) is 12.6 Å². The van der Waals surface area contributed by atoms with Crippen LogP contribution in [0.4, 0.5) is 0 Å². The van der Waals surface area contributed by atoms with Crippen molar-refractivity contribution in [2.75, 3.05) is 7.05 Å². The Morgan fingerprint density at radius 3 is 2.88 bits per heavy atom. The number of rotatable bonds is 4. The van der Waals surface area contributed by atoms with E-state index in [-0.39, 0.29) is 5.56 Å². The molecular weight excluding hydrogens is 214 g/mol. The van der Waals surface area contributed by atoms with Gasteiger partial charge in [-0.3, -0.25) is 9.36 Å². The van der Waals surface area contributed by atoms with E-state index in [1.807, 2.05) is 31.3 Å². The number of hydrogen-bond donors (Lipinski definition) is 1. The molecule has 4 nitrogen and oxygen atoms in total. The van der Waals surface area contributed by atoms with Crippen LogP contribution in [0.3, 0.4) is 0 Å². The van der Waals surface area contributed by atoms with Gasteiger partial charge in [0.1, 0.15) is 0 Å². The van der Waals surface area contributed by atoms with E-state index >= 15 is 0 Å². The van der Waals surface area contributed by atoms with Gasteiger partial charge in [0.2, 0.25) is 0 Å². The van der Waals surface area contributed by atoms with E-state index in [2.05, 4.69) is 17.2 Å². The number of fused-ring (bicyclic) bond motifs is 1. The topological polar surface area (TPSA) is 46.9 Å². The lowest BCUT2D eigenvalue weighted by molar-refractivity contribution is 0.460. The number of likely N-dealkylation sites (N-methyl/N-ethyl adjacent to an activating group) is 1. The van der Waals surface area contributed by atoms with Crippen LogP contribution in [-0.2, 0) is 6.54 Å². The van der Waals surface area contributed by atoms with Crippen LogP contribution in [0.25, 0.3) is 10.9 Å². The Labute approximate surface area is 100 Å². The average molecular weight is 231 g/mol. The summed E-state index contributed by atoms with van der Waals surface area (Å²) in [4.78, 5) is 16.5. The van der Waals surface area contributed by atoms with Crippen molar-refractivity contribution in [1.29, 1.82) is 0 Å². The molecule has 0 spiro atoms. The predicted octanol–water partition coefficient (Wildman–Crippen LogP) is 1.39. The number of nitrogens with zero attached hydrogens (tertiary/aromatic N) is 2. The number of para-hydroxylation sites is 1. The van der Waals surface area contributed by atoms with Gasteiger partial charge in [-0.15, -0.1) is 0 Å². The minimum absolute atomic E-state index is 0.0318. The van der Waals surface area contributed by atoms with Crippen molar-refractivity contribution in [2.24, 2.45) is 0 Å². The number of nitrogens with one attached hydrogen (secondary N) is 1. The van der Waals surface area contributed by atoms with Gasteiger partial charge in [-0.1, -0.05) is 19.1 Å². The Hall–Kier alpha value is -1.68. The van der Waals surface area contributed by atoms with Crippen molar-refractivity contribution in [3.8, 4) is 0 Å². The van der Waals surface area contributed by atoms with E-state index in [9.17, 15) is 4.79 Å². The van der Waals surface area contributed by atoms with Crippen LogP contribution >= 0.6 is 0 Å². The van der Waals surface area contributed by atoms with Crippen molar-refractivity contribution < 1.29 is 0 Å². The molecule has 1 unspecified atom stereocenters. The third-order valence-electron chi connectivity index (χ3n) is 3.05. The standard InChI is InChI=1S/C13H17N3O/c1-3-10(14-2)8-16-9-15-12-7-5-4-6-11(12)13(16)17/h4-7,9-10,14H,3,8H2,1-2H3. The first kappa shape index (κ1) is 11.8. The number of benzene rings is 1. The molecule has 17 heavy (non-hydrogen) atoms. The van der Waals surface area contributed by atoms with Gasteiger partial charge in [0.05, 0.1) is 17.2 Å². The Morgan fingerprint density at radius 1 is 1.41 bits per heavy atom. The third kappa shape index (κ3) is 2.36. The van der Waals surface area contributed by atoms with Crippen LogP contribution in [0, 0.1) is 0 Å². The average Bonchev–Trinajstić information content (AvgIpc) is 2.38. The predicted molar refractivity (Wildman–Crippen MR) is 69.1 cm³/mol. The molecular formula is C13H17N3O. The van der Waals surface area contributed by atoms with Crippen molar-refractivity contribution in [2.45, 2.75) is 25.9 Å². The summed E-state index contributed by atoms with van der Waals surface area (Å²) in [5.41, 5.74) is 0.788. The molecule has 1 aromatic carbocycles. The van der Waals surface area contributed by atoms with Crippen LogP contribution in [0.5, 0.6) is 0 Å². The van der Waals surface area contributed by atoms with Crippen molar-refractivity contribution >= 4 is 10.9 Å². The fraction of sp³-hybridized carbons (Fsp3) is 0.385. The maximum absolute atomic E-state index is 12.2. The minimum atomic E-state index is 0.0318. The molecule has 90 valence electrons. The van der Waals surface area contributed by atoms with Gasteiger partial charge in [0.25, 0.3) is 5.56 Å². The molecule has 2 rings (SSSR count). The SMILES string of the molecule is CCC(Cn1cnc2ccccc2c1=O)NC. The van der Waals surface area contributed by atoms with Crippen molar-refractivity contribution in [3.63, 3.8) is 0 Å². The van der Waals surface area contributed by atoms with Gasteiger partial charge >= 0.3 is 0 Å². The number of aromatic nitrogens is 2. The summed E-state index contributed by atoms with van der Waals surface area (Å²) in [6.07, 6.45) is 2.61. The van der Waals surface area contributed by atoms with Crippen LogP contribution in [-0.4, -0.2) is 22.6 Å². The molecule has 2 aromatic rings. The quantitative estimate of drug-likeness (QED) is 0.865. The van der Waals surface area contributed by atoms with E-state index in [4.69, 9.17) is 0 Å². The summed E-state index contributed by atoms with van der Waals surface area (Å²) >= 11 is 0. The highest BCUT2D eigenvalue weighted by atomic mass is 16.1. The van der Waals surface area contributed by atoms with Gasteiger partial charge in [-0.2, -0.15) is 0 Å². The lowest BCUT2D eigenvalue weighted by Gasteiger charge is -2.15. The Morgan fingerprint density at radius 2 is 2.18 bits per heavy atom. The zero-order valence-electron chi connectivity index (χ0n) is 10.2. The molecule has 1 aromatic heterocycles. The second-order valence-electron chi connectivity index (χ2n) is 4.11. The normalized spacial score (nSPS) is 12.8. The van der Waals surface area contributed by atoms with Crippen LogP contribution < -0.4 is 10.9 Å². The molecule has 0 radical (unpaired) electrons. The van der Waals surface area contributed by atoms with Crippen LogP contribution in [0.15, 0.2) is 35.4 Å². The molecule has 0 saturated carbocycles. The Kier molecular flexibility index (Phi) is 3.54. The van der Waals surface area contributed by atoms with Gasteiger partial charge in [-0.25, -0.2) is 4.98 Å². The molecule has 0 saturated heterocycles. The van der Waals surface area contributed by atoms with Crippen molar-refractivity contribution in [1.82, 2.24) is 14.9 Å². The molecule has 1 heterocycles. The second kappa shape index (κ2) is 5.10. The zero-order valence-corrected chi connectivity index (χ0v) is 10.2. The molecule has 1 N–H and O–H groups in total. The molecule has 4 heteroatoms. The summed E-state index contributed by atoms with van der Waals surface area (Å²) in [5, 5.41) is 3.87. The van der Waals surface area contributed by atoms with Crippen LogP contribution in [0.2, 0.25) is 0 Å². The summed E-state index contributed by atoms with van der Waals surface area (Å²) < 4.78 is 1.67. The zero-order chi connectivity index (χ0) is 12.3. The first-order valence-corrected chi connectivity index (χ1v) is 5.87. The first-order valence-electron chi connectivity index (χ1n) is 5.87. The maximum atomic E-state index is 12.2. The van der Waals surface area contributed by atoms with E-state index in [1.54, 1.807) is 10.9 Å². The van der Waals surface area contributed by atoms with E-state index in [0.29, 0.717) is 18.0 Å². The van der Waals surface area contributed by atoms with Gasteiger partial charge in [-0.05, 0) is 25.6 Å². The highest BCUT2D eigenvalue weighted by molar-refractivity contribution is 5.76. The Balaban J connectivity index is 2.42. The van der Waals surface area contributed by atoms with Crippen LogP contribution in [0.1, 0.15) is 13.3 Å². The fourth-order valence-electron chi connectivity index (χ4n) is 1.90. The second-order valence-corrected chi connectivity index (χ2v) is 4.11. The maximum Gasteiger partial charge on any atom is 0.261 e. The summed E-state index contributed by atoms with van der Waals surface area (Å²) in [5.74, 6) is 0. The largest absolute Gasteiger partial charge is 0.315 e. The Bertz CT molecular complexity index is 558. The van der Waals surface area contributed by atoms with E-state index in [1.165, 1.54) is 0 Å². The molecule has 0 bridgehead atoms. The molecule has 0 amide bonds. The van der Waals surface area contributed by atoms with Gasteiger partial charge in [0.15, 0.2) is 0 Å².